The Balaban J connectivity index is 1.32. The second-order valence-electron chi connectivity index (χ2n) is 9.46. The minimum absolute atomic E-state index is 0.106. The number of nitrogens with zero attached hydrogens (tertiary/aromatic N) is 4. The Kier molecular flexibility index (Phi) is 5.33. The molecule has 3 aliphatic rings. The highest BCUT2D eigenvalue weighted by Gasteiger charge is 2.41. The first-order chi connectivity index (χ1) is 14.6. The molecular weight excluding hydrogens is 376 g/mol. The molecule has 1 amide bonds. The summed E-state index contributed by atoms with van der Waals surface area (Å²) in [5, 5.41) is 4.71. The fourth-order valence-corrected chi connectivity index (χ4v) is 5.12. The molecule has 2 aromatic rings. The van der Waals surface area contributed by atoms with E-state index >= 15 is 0 Å². The number of nitrogens with two attached hydrogens (primary N) is 2. The van der Waals surface area contributed by atoms with Gasteiger partial charge in [0.15, 0.2) is 5.82 Å². The summed E-state index contributed by atoms with van der Waals surface area (Å²) in [6.45, 7) is 1.75. The lowest BCUT2D eigenvalue weighted by molar-refractivity contribution is -0.134. The van der Waals surface area contributed by atoms with E-state index in [1.807, 2.05) is 23.1 Å². The van der Waals surface area contributed by atoms with E-state index in [9.17, 15) is 4.79 Å². The highest BCUT2D eigenvalue weighted by Crippen LogP contribution is 2.36. The smallest absolute Gasteiger partial charge is 0.244 e. The molecule has 30 heavy (non-hydrogen) atoms. The average molecular weight is 409 g/mol. The molecule has 4 N–H and O–H groups in total. The van der Waals surface area contributed by atoms with Gasteiger partial charge in [0.2, 0.25) is 5.91 Å². The number of amides is 1. The van der Waals surface area contributed by atoms with E-state index in [-0.39, 0.29) is 24.5 Å². The number of carbonyl (C=O) groups is 1. The van der Waals surface area contributed by atoms with E-state index in [0.717, 1.165) is 49.6 Å². The Morgan fingerprint density at radius 2 is 1.80 bits per heavy atom. The number of carbonyl (C=O) groups excluding carboxylic acids is 1. The lowest BCUT2D eigenvalue weighted by Gasteiger charge is -2.36. The van der Waals surface area contributed by atoms with E-state index in [1.165, 1.54) is 12.8 Å². The van der Waals surface area contributed by atoms with E-state index in [2.05, 4.69) is 12.1 Å². The lowest BCUT2D eigenvalue weighted by atomic mass is 9.93. The molecule has 1 saturated heterocycles. The number of likely N-dealkylation sites (tertiary alicyclic amines) is 1. The number of rotatable bonds is 7. The number of fused-ring (bicyclic) bond motifs is 2. The van der Waals surface area contributed by atoms with Gasteiger partial charge in [-0.05, 0) is 55.4 Å². The van der Waals surface area contributed by atoms with Gasteiger partial charge in [-0.1, -0.05) is 30.3 Å². The molecule has 1 aliphatic heterocycles. The molecular formula is C23H32N6O. The van der Waals surface area contributed by atoms with Crippen LogP contribution in [-0.4, -0.2) is 44.7 Å². The van der Waals surface area contributed by atoms with E-state index in [1.54, 1.807) is 4.68 Å². The molecule has 1 aromatic heterocycles. The van der Waals surface area contributed by atoms with Crippen molar-refractivity contribution in [3.63, 3.8) is 0 Å². The summed E-state index contributed by atoms with van der Waals surface area (Å²) in [7, 11) is 0. The van der Waals surface area contributed by atoms with Gasteiger partial charge in [-0.2, -0.15) is 5.10 Å². The van der Waals surface area contributed by atoms with Crippen LogP contribution in [0.15, 0.2) is 30.3 Å². The van der Waals surface area contributed by atoms with Crippen LogP contribution in [0.4, 0.5) is 0 Å². The Bertz CT molecular complexity index is 878. The average Bonchev–Trinajstić information content (AvgIpc) is 3.43. The van der Waals surface area contributed by atoms with E-state index in [4.69, 9.17) is 21.5 Å². The van der Waals surface area contributed by atoms with Crippen LogP contribution in [0.5, 0.6) is 0 Å². The van der Waals surface area contributed by atoms with Gasteiger partial charge in [0.1, 0.15) is 12.4 Å². The lowest BCUT2D eigenvalue weighted by Crippen LogP contribution is -2.51. The van der Waals surface area contributed by atoms with Crippen LogP contribution >= 0.6 is 0 Å². The summed E-state index contributed by atoms with van der Waals surface area (Å²) in [4.78, 5) is 19.9. The largest absolute Gasteiger partial charge is 0.340 e. The van der Waals surface area contributed by atoms with Crippen LogP contribution in [0.2, 0.25) is 0 Å². The standard InChI is InChI=1S/C23H32N6O/c24-19(10-15-4-2-1-3-5-15)23-26-20(11-16-6-7-16)27-29(23)14-21(30)28-12-17-8-9-18(13-28)22(17)25/h1-5,16-19,22H,6-14,24-25H2/t17-,18+,19-,22?/m1/s1. The molecule has 2 heterocycles. The Labute approximate surface area is 177 Å². The summed E-state index contributed by atoms with van der Waals surface area (Å²) in [6.07, 6.45) is 6.33. The maximum Gasteiger partial charge on any atom is 0.244 e. The van der Waals surface area contributed by atoms with E-state index in [0.29, 0.717) is 24.2 Å². The van der Waals surface area contributed by atoms with Crippen LogP contribution in [0, 0.1) is 17.8 Å². The summed E-state index contributed by atoms with van der Waals surface area (Å²) in [6, 6.07) is 10.1. The minimum Gasteiger partial charge on any atom is -0.340 e. The van der Waals surface area contributed by atoms with Crippen molar-refractivity contribution in [1.29, 1.82) is 0 Å². The van der Waals surface area contributed by atoms with Crippen molar-refractivity contribution in [2.45, 2.75) is 57.2 Å². The van der Waals surface area contributed by atoms with Crippen LogP contribution < -0.4 is 11.5 Å². The first-order valence-electron chi connectivity index (χ1n) is 11.3. The van der Waals surface area contributed by atoms with Crippen molar-refractivity contribution in [3.8, 4) is 0 Å². The zero-order valence-electron chi connectivity index (χ0n) is 17.5. The second kappa shape index (κ2) is 8.12. The number of hydrogen-bond donors (Lipinski definition) is 2. The number of piperidine rings is 1. The molecule has 5 rings (SSSR count). The SMILES string of the molecule is NC1[C@@H]2CC[C@H]1CN(C(=O)Cn1nc(CC3CC3)nc1[C@H](N)Cc1ccccc1)C2. The van der Waals surface area contributed by atoms with Gasteiger partial charge < -0.3 is 16.4 Å². The van der Waals surface area contributed by atoms with Gasteiger partial charge >= 0.3 is 0 Å². The topological polar surface area (TPSA) is 103 Å². The molecule has 2 saturated carbocycles. The fourth-order valence-electron chi connectivity index (χ4n) is 5.12. The molecule has 1 unspecified atom stereocenters. The molecule has 0 spiro atoms. The zero-order chi connectivity index (χ0) is 20.7. The molecule has 2 bridgehead atoms. The van der Waals surface area contributed by atoms with Crippen LogP contribution in [-0.2, 0) is 24.2 Å². The van der Waals surface area contributed by atoms with E-state index < -0.39 is 0 Å². The number of benzene rings is 1. The van der Waals surface area contributed by atoms with Crippen molar-refractivity contribution < 1.29 is 4.79 Å². The summed E-state index contributed by atoms with van der Waals surface area (Å²) < 4.78 is 1.77. The maximum atomic E-state index is 13.1. The number of aromatic nitrogens is 3. The Hall–Kier alpha value is -2.25. The highest BCUT2D eigenvalue weighted by molar-refractivity contribution is 5.76. The monoisotopic (exact) mass is 408 g/mol. The maximum absolute atomic E-state index is 13.1. The third kappa shape index (κ3) is 4.14. The van der Waals surface area contributed by atoms with Gasteiger partial charge in [-0.25, -0.2) is 9.67 Å². The summed E-state index contributed by atoms with van der Waals surface area (Å²) in [5.41, 5.74) is 14.0. The molecule has 1 aromatic carbocycles. The Morgan fingerprint density at radius 3 is 2.47 bits per heavy atom. The first-order valence-corrected chi connectivity index (χ1v) is 11.3. The zero-order valence-corrected chi connectivity index (χ0v) is 17.5. The molecule has 7 nitrogen and oxygen atoms in total. The normalized spacial score (nSPS) is 26.7. The van der Waals surface area contributed by atoms with Crippen molar-refractivity contribution in [2.75, 3.05) is 13.1 Å². The van der Waals surface area contributed by atoms with Gasteiger partial charge in [0, 0.05) is 25.6 Å². The first kappa shape index (κ1) is 19.7. The van der Waals surface area contributed by atoms with Crippen molar-refractivity contribution >= 4 is 5.91 Å². The predicted octanol–water partition coefficient (Wildman–Crippen LogP) is 1.67. The Morgan fingerprint density at radius 1 is 1.10 bits per heavy atom. The summed E-state index contributed by atoms with van der Waals surface area (Å²) in [5.74, 6) is 3.22. The van der Waals surface area contributed by atoms with Crippen LogP contribution in [0.25, 0.3) is 0 Å². The second-order valence-corrected chi connectivity index (χ2v) is 9.46. The predicted molar refractivity (Wildman–Crippen MR) is 114 cm³/mol. The fraction of sp³-hybridized carbons (Fsp3) is 0.609. The van der Waals surface area contributed by atoms with Crippen LogP contribution in [0.1, 0.15) is 48.9 Å². The molecule has 7 heteroatoms. The molecule has 2 aliphatic carbocycles. The summed E-state index contributed by atoms with van der Waals surface area (Å²) >= 11 is 0. The highest BCUT2D eigenvalue weighted by atomic mass is 16.2. The minimum atomic E-state index is -0.286. The third-order valence-corrected chi connectivity index (χ3v) is 7.09. The molecule has 0 radical (unpaired) electrons. The number of hydrogen-bond acceptors (Lipinski definition) is 5. The van der Waals surface area contributed by atoms with Gasteiger partial charge in [0.05, 0.1) is 6.04 Å². The quantitative estimate of drug-likeness (QED) is 0.725. The van der Waals surface area contributed by atoms with Crippen molar-refractivity contribution in [3.05, 3.63) is 47.5 Å². The van der Waals surface area contributed by atoms with Gasteiger partial charge in [-0.15, -0.1) is 0 Å². The molecule has 160 valence electrons. The molecule has 4 atom stereocenters. The van der Waals surface area contributed by atoms with Crippen molar-refractivity contribution in [2.24, 2.45) is 29.2 Å². The van der Waals surface area contributed by atoms with Gasteiger partial charge in [0.25, 0.3) is 0 Å². The van der Waals surface area contributed by atoms with Gasteiger partial charge in [-0.3, -0.25) is 4.79 Å². The van der Waals surface area contributed by atoms with Crippen molar-refractivity contribution in [1.82, 2.24) is 19.7 Å². The molecule has 3 fully saturated rings. The third-order valence-electron chi connectivity index (χ3n) is 7.09. The van der Waals surface area contributed by atoms with Crippen LogP contribution in [0.3, 0.4) is 0 Å².